The Labute approximate surface area is 116 Å². The fourth-order valence-electron chi connectivity index (χ4n) is 1.40. The second-order valence-corrected chi connectivity index (χ2v) is 6.34. The molecule has 0 saturated heterocycles. The first kappa shape index (κ1) is 16.2. The van der Waals surface area contributed by atoms with Gasteiger partial charge in [-0.1, -0.05) is 0 Å². The van der Waals surface area contributed by atoms with Crippen molar-refractivity contribution in [3.8, 4) is 0 Å². The van der Waals surface area contributed by atoms with Crippen LogP contribution in [0.15, 0.2) is 15.4 Å². The Morgan fingerprint density at radius 3 is 2.50 bits per heavy atom. The maximum Gasteiger partial charge on any atom is 0.305 e. The summed E-state index contributed by atoms with van der Waals surface area (Å²) in [5.41, 5.74) is 0. The highest BCUT2D eigenvalue weighted by atomic mass is 32.2. The summed E-state index contributed by atoms with van der Waals surface area (Å²) in [7, 11) is -0.950. The molecule has 112 valence electrons. The number of nitrogens with one attached hydrogen (secondary N) is 1. The zero-order valence-electron chi connectivity index (χ0n) is 11.3. The van der Waals surface area contributed by atoms with Crippen LogP contribution >= 0.6 is 0 Å². The molecule has 1 heterocycles. The molecule has 8 nitrogen and oxygen atoms in total. The van der Waals surface area contributed by atoms with Gasteiger partial charge in [-0.3, -0.25) is 9.59 Å². The summed E-state index contributed by atoms with van der Waals surface area (Å²) in [4.78, 5) is 21.9. The average molecular weight is 304 g/mol. The molecule has 1 aromatic heterocycles. The lowest BCUT2D eigenvalue weighted by molar-refractivity contribution is -0.136. The van der Waals surface area contributed by atoms with Crippen molar-refractivity contribution in [2.24, 2.45) is 0 Å². The normalized spacial score (nSPS) is 11.6. The third-order valence-electron chi connectivity index (χ3n) is 2.48. The summed E-state index contributed by atoms with van der Waals surface area (Å²) in [6.45, 7) is 1.37. The highest BCUT2D eigenvalue weighted by molar-refractivity contribution is 7.89. The molecule has 1 rings (SSSR count). The predicted octanol–water partition coefficient (Wildman–Crippen LogP) is 0.0428. The van der Waals surface area contributed by atoms with Crippen molar-refractivity contribution in [2.75, 3.05) is 20.6 Å². The molecule has 0 unspecified atom stereocenters. The zero-order chi connectivity index (χ0) is 15.5. The molecular formula is C11H16N2O6S. The van der Waals surface area contributed by atoms with Gasteiger partial charge in [0.15, 0.2) is 5.76 Å². The summed E-state index contributed by atoms with van der Waals surface area (Å²) in [6, 6.07) is 1.13. The molecule has 0 aliphatic carbocycles. The number of carbonyl (C=O) groups excluding carboxylic acids is 1. The van der Waals surface area contributed by atoms with Crippen LogP contribution in [-0.2, 0) is 14.8 Å². The van der Waals surface area contributed by atoms with E-state index in [1.165, 1.54) is 21.0 Å². The third-order valence-corrected chi connectivity index (χ3v) is 4.40. The van der Waals surface area contributed by atoms with E-state index in [9.17, 15) is 18.0 Å². The number of carboxylic acid groups (broad SMARTS) is 1. The molecule has 0 spiro atoms. The number of nitrogens with zero attached hydrogens (tertiary/aromatic N) is 1. The quantitative estimate of drug-likeness (QED) is 0.766. The summed E-state index contributed by atoms with van der Waals surface area (Å²) < 4.78 is 30.0. The van der Waals surface area contributed by atoms with Crippen molar-refractivity contribution < 1.29 is 27.5 Å². The van der Waals surface area contributed by atoms with E-state index in [-0.39, 0.29) is 29.4 Å². The Morgan fingerprint density at radius 1 is 1.40 bits per heavy atom. The number of rotatable bonds is 6. The fraction of sp³-hybridized carbons (Fsp3) is 0.455. The molecule has 1 aromatic rings. The topological polar surface area (TPSA) is 117 Å². The lowest BCUT2D eigenvalue weighted by Crippen LogP contribution is -2.25. The number of amides is 1. The minimum absolute atomic E-state index is 0.0658. The Kier molecular flexibility index (Phi) is 4.90. The number of sulfonamides is 1. The Morgan fingerprint density at radius 2 is 2.00 bits per heavy atom. The number of hydrogen-bond acceptors (Lipinski definition) is 5. The minimum Gasteiger partial charge on any atom is -0.481 e. The molecular weight excluding hydrogens is 288 g/mol. The lowest BCUT2D eigenvalue weighted by Gasteiger charge is -2.09. The lowest BCUT2D eigenvalue weighted by atomic mass is 10.4. The number of aliphatic carboxylic acids is 1. The summed E-state index contributed by atoms with van der Waals surface area (Å²) >= 11 is 0. The van der Waals surface area contributed by atoms with Crippen molar-refractivity contribution in [3.05, 3.63) is 17.6 Å². The van der Waals surface area contributed by atoms with Gasteiger partial charge >= 0.3 is 5.97 Å². The molecule has 9 heteroatoms. The zero-order valence-corrected chi connectivity index (χ0v) is 12.2. The molecule has 0 aliphatic heterocycles. The number of furan rings is 1. The van der Waals surface area contributed by atoms with E-state index >= 15 is 0 Å². The van der Waals surface area contributed by atoms with Gasteiger partial charge in [0.05, 0.1) is 6.42 Å². The van der Waals surface area contributed by atoms with Gasteiger partial charge in [-0.25, -0.2) is 12.7 Å². The smallest absolute Gasteiger partial charge is 0.305 e. The largest absolute Gasteiger partial charge is 0.481 e. The first-order chi connectivity index (χ1) is 9.16. The van der Waals surface area contributed by atoms with Gasteiger partial charge in [-0.15, -0.1) is 0 Å². The molecule has 0 aromatic carbocycles. The van der Waals surface area contributed by atoms with Crippen LogP contribution in [0.3, 0.4) is 0 Å². The van der Waals surface area contributed by atoms with Gasteiger partial charge in [0.25, 0.3) is 5.91 Å². The fourth-order valence-corrected chi connectivity index (χ4v) is 2.45. The highest BCUT2D eigenvalue weighted by Gasteiger charge is 2.25. The molecule has 0 bridgehead atoms. The first-order valence-electron chi connectivity index (χ1n) is 5.69. The van der Waals surface area contributed by atoms with Gasteiger partial charge in [0.2, 0.25) is 10.0 Å². The van der Waals surface area contributed by atoms with E-state index < -0.39 is 21.9 Å². The monoisotopic (exact) mass is 304 g/mol. The van der Waals surface area contributed by atoms with Crippen LogP contribution in [0.25, 0.3) is 0 Å². The molecule has 2 N–H and O–H groups in total. The van der Waals surface area contributed by atoms with Crippen molar-refractivity contribution >= 4 is 21.9 Å². The second kappa shape index (κ2) is 6.06. The van der Waals surface area contributed by atoms with Crippen molar-refractivity contribution in [2.45, 2.75) is 18.2 Å². The van der Waals surface area contributed by atoms with E-state index in [0.717, 1.165) is 10.4 Å². The third kappa shape index (κ3) is 3.58. The maximum absolute atomic E-state index is 11.9. The van der Waals surface area contributed by atoms with Crippen LogP contribution in [0.4, 0.5) is 0 Å². The Bertz CT molecular complexity index is 617. The number of carboxylic acids is 1. The first-order valence-corrected chi connectivity index (χ1v) is 7.13. The van der Waals surface area contributed by atoms with Crippen molar-refractivity contribution in [1.29, 1.82) is 0 Å². The van der Waals surface area contributed by atoms with Crippen LogP contribution in [0.2, 0.25) is 0 Å². The van der Waals surface area contributed by atoms with Gasteiger partial charge in [-0.2, -0.15) is 0 Å². The molecule has 0 fully saturated rings. The SMILES string of the molecule is Cc1oc(C(=O)NCCC(=O)O)cc1S(=O)(=O)N(C)C. The average Bonchev–Trinajstić information content (AvgIpc) is 2.71. The molecule has 0 saturated carbocycles. The van der Waals surface area contributed by atoms with E-state index in [1.54, 1.807) is 0 Å². The molecule has 0 aliphatic rings. The predicted molar refractivity (Wildman–Crippen MR) is 68.9 cm³/mol. The number of hydrogen-bond donors (Lipinski definition) is 2. The van der Waals surface area contributed by atoms with Gasteiger partial charge in [0, 0.05) is 26.7 Å². The van der Waals surface area contributed by atoms with Crippen LogP contribution < -0.4 is 5.32 Å². The minimum atomic E-state index is -3.69. The van der Waals surface area contributed by atoms with E-state index in [2.05, 4.69) is 5.32 Å². The molecule has 0 atom stereocenters. The molecule has 0 radical (unpaired) electrons. The van der Waals surface area contributed by atoms with Crippen molar-refractivity contribution in [1.82, 2.24) is 9.62 Å². The van der Waals surface area contributed by atoms with Gasteiger partial charge in [-0.05, 0) is 6.92 Å². The van der Waals surface area contributed by atoms with Crippen LogP contribution in [0.1, 0.15) is 22.7 Å². The highest BCUT2D eigenvalue weighted by Crippen LogP contribution is 2.22. The van der Waals surface area contributed by atoms with E-state index in [4.69, 9.17) is 9.52 Å². The summed E-state index contributed by atoms with van der Waals surface area (Å²) in [6.07, 6.45) is -0.228. The molecule has 20 heavy (non-hydrogen) atoms. The number of aryl methyl sites for hydroxylation is 1. The maximum atomic E-state index is 11.9. The second-order valence-electron chi connectivity index (χ2n) is 4.22. The molecule has 1 amide bonds. The van der Waals surface area contributed by atoms with Crippen LogP contribution in [-0.4, -0.2) is 50.3 Å². The Balaban J connectivity index is 2.90. The van der Waals surface area contributed by atoms with Crippen LogP contribution in [0, 0.1) is 6.92 Å². The van der Waals surface area contributed by atoms with E-state index in [0.29, 0.717) is 0 Å². The number of carbonyl (C=O) groups is 2. The van der Waals surface area contributed by atoms with E-state index in [1.807, 2.05) is 0 Å². The van der Waals surface area contributed by atoms with Gasteiger partial charge < -0.3 is 14.8 Å². The summed E-state index contributed by atoms with van der Waals surface area (Å²) in [5, 5.41) is 10.8. The van der Waals surface area contributed by atoms with Crippen LogP contribution in [0.5, 0.6) is 0 Å². The Hall–Kier alpha value is -1.87. The van der Waals surface area contributed by atoms with Gasteiger partial charge in [0.1, 0.15) is 10.7 Å². The summed E-state index contributed by atoms with van der Waals surface area (Å²) in [5.74, 6) is -1.78. The van der Waals surface area contributed by atoms with Crippen molar-refractivity contribution in [3.63, 3.8) is 0 Å². The standard InChI is InChI=1S/C11H16N2O6S/c1-7-9(20(17,18)13(2)3)6-8(19-7)11(16)12-5-4-10(14)15/h6H,4-5H2,1-3H3,(H,12,16)(H,14,15).